The Kier molecular flexibility index (Phi) is 5.88. The molecule has 3 rings (SSSR count). The van der Waals surface area contributed by atoms with Crippen LogP contribution in [-0.4, -0.2) is 45.4 Å². The molecule has 1 aromatic heterocycles. The molecule has 8 heteroatoms. The number of anilines is 1. The number of hydrogen-bond acceptors (Lipinski definition) is 5. The second-order valence-electron chi connectivity index (χ2n) is 6.73. The minimum atomic E-state index is -3.66. The van der Waals surface area contributed by atoms with Crippen molar-refractivity contribution in [2.45, 2.75) is 30.0 Å². The van der Waals surface area contributed by atoms with Crippen LogP contribution in [0.3, 0.4) is 0 Å². The molecule has 1 aliphatic carbocycles. The number of nitrogens with zero attached hydrogens (tertiary/aromatic N) is 2. The van der Waals surface area contributed by atoms with E-state index in [0.29, 0.717) is 11.7 Å². The predicted molar refractivity (Wildman–Crippen MR) is 107 cm³/mol. The van der Waals surface area contributed by atoms with E-state index < -0.39 is 10.0 Å². The topological polar surface area (TPSA) is 66.9 Å². The fourth-order valence-electron chi connectivity index (χ4n) is 3.05. The summed E-state index contributed by atoms with van der Waals surface area (Å²) < 4.78 is 31.8. The maximum atomic E-state index is 13.1. The van der Waals surface area contributed by atoms with Gasteiger partial charge < -0.3 is 9.64 Å². The van der Waals surface area contributed by atoms with E-state index in [1.54, 1.807) is 41.7 Å². The molecule has 0 bridgehead atoms. The molecule has 1 amide bonds. The average Bonchev–Trinajstić information content (AvgIpc) is 3.35. The predicted octanol–water partition coefficient (Wildman–Crippen LogP) is 3.21. The fourth-order valence-corrected chi connectivity index (χ4v) is 5.38. The molecule has 1 atom stereocenters. The van der Waals surface area contributed by atoms with Crippen molar-refractivity contribution < 1.29 is 17.9 Å². The Hall–Kier alpha value is -1.90. The highest BCUT2D eigenvalue weighted by Gasteiger charge is 2.36. The Morgan fingerprint density at radius 1 is 1.26 bits per heavy atom. The lowest BCUT2D eigenvalue weighted by Crippen LogP contribution is -2.46. The molecule has 1 saturated carbocycles. The van der Waals surface area contributed by atoms with Crippen molar-refractivity contribution in [3.05, 3.63) is 41.8 Å². The lowest BCUT2D eigenvalue weighted by molar-refractivity contribution is -0.119. The SMILES string of the molecule is COc1ccc(N(C(=O)CN(C)S(=O)(=O)c2cccs2)[C@@H](C)C2CC2)cc1. The molecule has 0 N–H and O–H groups in total. The van der Waals surface area contributed by atoms with Crippen molar-refractivity contribution in [2.24, 2.45) is 5.92 Å². The van der Waals surface area contributed by atoms with Gasteiger partial charge in [-0.15, -0.1) is 11.3 Å². The molecule has 1 aromatic carbocycles. The van der Waals surface area contributed by atoms with E-state index in [2.05, 4.69) is 0 Å². The lowest BCUT2D eigenvalue weighted by Gasteiger charge is -2.31. The summed E-state index contributed by atoms with van der Waals surface area (Å²) in [7, 11) is -0.625. The maximum Gasteiger partial charge on any atom is 0.252 e. The van der Waals surface area contributed by atoms with Crippen molar-refractivity contribution >= 4 is 33.0 Å². The number of carbonyl (C=O) groups excluding carboxylic acids is 1. The number of likely N-dealkylation sites (N-methyl/N-ethyl adjacent to an activating group) is 1. The quantitative estimate of drug-likeness (QED) is 0.673. The van der Waals surface area contributed by atoms with Gasteiger partial charge in [-0.3, -0.25) is 4.79 Å². The molecule has 146 valence electrons. The number of rotatable bonds is 8. The molecule has 0 unspecified atom stereocenters. The number of methoxy groups -OCH3 is 1. The van der Waals surface area contributed by atoms with Crippen molar-refractivity contribution in [1.82, 2.24) is 4.31 Å². The summed E-state index contributed by atoms with van der Waals surface area (Å²) in [5.74, 6) is 0.931. The number of ether oxygens (including phenoxy) is 1. The van der Waals surface area contributed by atoms with Gasteiger partial charge in [0.25, 0.3) is 10.0 Å². The summed E-state index contributed by atoms with van der Waals surface area (Å²) in [4.78, 5) is 14.8. The van der Waals surface area contributed by atoms with Gasteiger partial charge in [0.05, 0.1) is 13.7 Å². The third kappa shape index (κ3) is 4.34. The van der Waals surface area contributed by atoms with Gasteiger partial charge in [0.1, 0.15) is 9.96 Å². The van der Waals surface area contributed by atoms with E-state index in [1.165, 1.54) is 7.05 Å². The Morgan fingerprint density at radius 2 is 1.93 bits per heavy atom. The number of carbonyl (C=O) groups is 1. The van der Waals surface area contributed by atoms with Crippen LogP contribution in [0.5, 0.6) is 5.75 Å². The molecule has 1 fully saturated rings. The van der Waals surface area contributed by atoms with Crippen LogP contribution in [-0.2, 0) is 14.8 Å². The van der Waals surface area contributed by atoms with Crippen LogP contribution in [0.2, 0.25) is 0 Å². The summed E-state index contributed by atoms with van der Waals surface area (Å²) in [6, 6.07) is 10.5. The molecule has 2 aromatic rings. The van der Waals surface area contributed by atoms with E-state index in [0.717, 1.165) is 34.2 Å². The van der Waals surface area contributed by atoms with Crippen LogP contribution < -0.4 is 9.64 Å². The number of thiophene rings is 1. The first-order chi connectivity index (χ1) is 12.8. The molecule has 0 radical (unpaired) electrons. The first-order valence-electron chi connectivity index (χ1n) is 8.80. The summed E-state index contributed by atoms with van der Waals surface area (Å²) in [5, 5.41) is 1.71. The molecule has 0 aliphatic heterocycles. The number of hydrogen-bond donors (Lipinski definition) is 0. The van der Waals surface area contributed by atoms with Crippen LogP contribution in [0, 0.1) is 5.92 Å². The van der Waals surface area contributed by atoms with E-state index in [-0.39, 0.29) is 22.7 Å². The molecule has 0 spiro atoms. The number of sulfonamides is 1. The summed E-state index contributed by atoms with van der Waals surface area (Å²) in [5.41, 5.74) is 0.752. The smallest absolute Gasteiger partial charge is 0.252 e. The zero-order valence-electron chi connectivity index (χ0n) is 15.7. The molecule has 6 nitrogen and oxygen atoms in total. The Morgan fingerprint density at radius 3 is 2.44 bits per heavy atom. The van der Waals surface area contributed by atoms with E-state index in [1.807, 2.05) is 19.1 Å². The monoisotopic (exact) mass is 408 g/mol. The van der Waals surface area contributed by atoms with Crippen molar-refractivity contribution in [3.8, 4) is 5.75 Å². The van der Waals surface area contributed by atoms with Gasteiger partial charge in [0.2, 0.25) is 5.91 Å². The molecule has 1 aliphatic rings. The van der Waals surface area contributed by atoms with Gasteiger partial charge in [0, 0.05) is 18.8 Å². The third-order valence-corrected chi connectivity index (χ3v) is 8.02. The van der Waals surface area contributed by atoms with Crippen LogP contribution in [0.25, 0.3) is 0 Å². The van der Waals surface area contributed by atoms with E-state index in [9.17, 15) is 13.2 Å². The Balaban J connectivity index is 1.82. The van der Waals surface area contributed by atoms with E-state index in [4.69, 9.17) is 4.74 Å². The standard InChI is InChI=1S/C19H24N2O4S2/c1-14(15-6-7-15)21(16-8-10-17(25-3)11-9-16)18(22)13-20(2)27(23,24)19-5-4-12-26-19/h4-5,8-12,14-15H,6-7,13H2,1-3H3/t14-/m0/s1. The van der Waals surface area contributed by atoms with Gasteiger partial charge in [0.15, 0.2) is 0 Å². The van der Waals surface area contributed by atoms with Crippen LogP contribution >= 0.6 is 11.3 Å². The van der Waals surface area contributed by atoms with Crippen molar-refractivity contribution in [3.63, 3.8) is 0 Å². The minimum Gasteiger partial charge on any atom is -0.497 e. The van der Waals surface area contributed by atoms with Crippen molar-refractivity contribution in [1.29, 1.82) is 0 Å². The summed E-state index contributed by atoms with van der Waals surface area (Å²) in [6.45, 7) is 1.82. The number of benzene rings is 1. The highest BCUT2D eigenvalue weighted by Crippen LogP contribution is 2.37. The first kappa shape index (κ1) is 19.9. The van der Waals surface area contributed by atoms with Gasteiger partial charge in [-0.1, -0.05) is 6.07 Å². The van der Waals surface area contributed by atoms with Crippen LogP contribution in [0.15, 0.2) is 46.0 Å². The van der Waals surface area contributed by atoms with Gasteiger partial charge in [-0.05, 0) is 61.4 Å². The van der Waals surface area contributed by atoms with Gasteiger partial charge in [-0.2, -0.15) is 4.31 Å². The Bertz CT molecular complexity index is 875. The lowest BCUT2D eigenvalue weighted by atomic mass is 10.1. The normalized spacial score (nSPS) is 15.6. The summed E-state index contributed by atoms with van der Waals surface area (Å²) >= 11 is 1.15. The molecule has 0 saturated heterocycles. The molecule has 1 heterocycles. The zero-order valence-corrected chi connectivity index (χ0v) is 17.3. The minimum absolute atomic E-state index is 0.0173. The van der Waals surface area contributed by atoms with Crippen molar-refractivity contribution in [2.75, 3.05) is 25.6 Å². The molecular formula is C19H24N2O4S2. The average molecular weight is 409 g/mol. The zero-order chi connectivity index (χ0) is 19.6. The Labute approximate surface area is 164 Å². The third-order valence-electron chi connectivity index (χ3n) is 4.85. The fraction of sp³-hybridized carbons (Fsp3) is 0.421. The highest BCUT2D eigenvalue weighted by atomic mass is 32.2. The first-order valence-corrected chi connectivity index (χ1v) is 11.1. The second kappa shape index (κ2) is 8.00. The van der Waals surface area contributed by atoms with Gasteiger partial charge in [-0.25, -0.2) is 8.42 Å². The van der Waals surface area contributed by atoms with E-state index >= 15 is 0 Å². The summed E-state index contributed by atoms with van der Waals surface area (Å²) in [6.07, 6.45) is 2.18. The van der Waals surface area contributed by atoms with Gasteiger partial charge >= 0.3 is 0 Å². The molecular weight excluding hydrogens is 384 g/mol. The van der Waals surface area contributed by atoms with Crippen LogP contribution in [0.1, 0.15) is 19.8 Å². The maximum absolute atomic E-state index is 13.1. The van der Waals surface area contributed by atoms with Crippen LogP contribution in [0.4, 0.5) is 5.69 Å². The highest BCUT2D eigenvalue weighted by molar-refractivity contribution is 7.91. The number of amides is 1. The largest absolute Gasteiger partial charge is 0.497 e. The second-order valence-corrected chi connectivity index (χ2v) is 9.95. The molecule has 27 heavy (non-hydrogen) atoms.